The predicted molar refractivity (Wildman–Crippen MR) is 303 cm³/mol. The van der Waals surface area contributed by atoms with Gasteiger partial charge in [-0.1, -0.05) is 90.8 Å². The fraction of sp³-hybridized carbons (Fsp3) is 0.544. The third kappa shape index (κ3) is 17.7. The first-order valence-electron chi connectivity index (χ1n) is 27.6. The molecule has 6 atom stereocenters. The SMILES string of the molecule is CCCOC(CC(C(C)C)N(CCC)C(=O)C(NC(=O)C1CCCCN1C)C(C)CC)c1nc(C(=O)NC(Cc2ccc(NC(=O)CCCC(=O)NCc3ccc(COc4nc(N)nc5nc[nH]c45)cc3)cc2)C(=O)OC)cs1. The number of ether oxygens (including phenoxy) is 3. The van der Waals surface area contributed by atoms with Gasteiger partial charge in [0.15, 0.2) is 5.65 Å². The number of nitrogens with two attached hydrogens (primary N) is 1. The van der Waals surface area contributed by atoms with Gasteiger partial charge in [0.25, 0.3) is 5.91 Å². The van der Waals surface area contributed by atoms with E-state index < -0.39 is 30.1 Å². The summed E-state index contributed by atoms with van der Waals surface area (Å²) in [4.78, 5) is 105. The number of amides is 5. The van der Waals surface area contributed by atoms with Gasteiger partial charge in [0.2, 0.25) is 35.5 Å². The van der Waals surface area contributed by atoms with Gasteiger partial charge in [-0.2, -0.15) is 9.97 Å². The molecule has 6 unspecified atom stereocenters. The third-order valence-corrected chi connectivity index (χ3v) is 15.1. The summed E-state index contributed by atoms with van der Waals surface area (Å²) >= 11 is 1.28. The summed E-state index contributed by atoms with van der Waals surface area (Å²) in [5, 5.41) is 14.0. The number of hydrogen-bond acceptors (Lipinski definition) is 16. The van der Waals surface area contributed by atoms with Crippen LogP contribution in [0.15, 0.2) is 60.2 Å². The summed E-state index contributed by atoms with van der Waals surface area (Å²) in [6.07, 6.45) is 7.04. The number of nitrogen functional groups attached to an aromatic ring is 1. The lowest BCUT2D eigenvalue weighted by molar-refractivity contribution is -0.143. The normalized spacial score (nSPS) is 15.6. The third-order valence-electron chi connectivity index (χ3n) is 14.2. The largest absolute Gasteiger partial charge is 0.471 e. The van der Waals surface area contributed by atoms with Crippen molar-refractivity contribution in [1.82, 2.24) is 50.7 Å². The number of methoxy groups -OCH3 is 1. The second kappa shape index (κ2) is 30.4. The number of aromatic amines is 1. The number of likely N-dealkylation sites (N-methyl/N-ethyl adjacent to an activating group) is 1. The molecule has 6 rings (SSSR count). The number of likely N-dealkylation sites (tertiary alicyclic amines) is 1. The summed E-state index contributed by atoms with van der Waals surface area (Å²) in [5.41, 5.74) is 9.87. The number of fused-ring (bicyclic) bond motifs is 1. The van der Waals surface area contributed by atoms with Crippen molar-refractivity contribution in [2.75, 3.05) is 44.9 Å². The van der Waals surface area contributed by atoms with E-state index in [0.717, 1.165) is 49.8 Å². The topological polar surface area (TPSA) is 278 Å². The van der Waals surface area contributed by atoms with Crippen LogP contribution in [0.5, 0.6) is 5.88 Å². The first-order valence-corrected chi connectivity index (χ1v) is 28.5. The average molecular weight is 1110 g/mol. The molecule has 21 nitrogen and oxygen atoms in total. The Hall–Kier alpha value is -7.04. The molecule has 5 aromatic rings. The first kappa shape index (κ1) is 61.2. The van der Waals surface area contributed by atoms with E-state index in [2.05, 4.69) is 60.0 Å². The highest BCUT2D eigenvalue weighted by molar-refractivity contribution is 7.09. The number of hydrogen-bond donors (Lipinski definition) is 6. The summed E-state index contributed by atoms with van der Waals surface area (Å²) in [7, 11) is 3.22. The smallest absolute Gasteiger partial charge is 0.328 e. The second-order valence-electron chi connectivity index (χ2n) is 20.6. The molecule has 1 aliphatic rings. The second-order valence-corrected chi connectivity index (χ2v) is 21.5. The van der Waals surface area contributed by atoms with Crippen LogP contribution in [0, 0.1) is 11.8 Å². The van der Waals surface area contributed by atoms with Gasteiger partial charge in [-0.15, -0.1) is 11.3 Å². The predicted octanol–water partition coefficient (Wildman–Crippen LogP) is 7.05. The average Bonchev–Trinajstić information content (AvgIpc) is 4.15. The van der Waals surface area contributed by atoms with Gasteiger partial charge >= 0.3 is 5.97 Å². The lowest BCUT2D eigenvalue weighted by atomic mass is 9.92. The highest BCUT2D eigenvalue weighted by Gasteiger charge is 2.38. The van der Waals surface area contributed by atoms with Gasteiger partial charge in [0, 0.05) is 62.5 Å². The number of carbonyl (C=O) groups excluding carboxylic acids is 6. The standard InChI is InChI=1S/C57H80N12O9S/c1-9-26-69(55(74)48(36(6)11-3)65-52(73)43-15-12-13-27-68(43)7)44(35(4)5)30-45(77-28-10-2)54-64-42(33-79-54)51(72)63-41(56(75)76-8)29-37-22-24-40(25-23-37)62-47(71)17-14-16-46(70)59-31-38-18-20-39(21-19-38)32-78-53-49-50(61-34-60-49)66-57(58)67-53/h18-25,33-36,41,43-45,48H,9-17,26-32H2,1-8H3,(H,59,70)(H,62,71)(H,63,72)(H,65,73)(H3,58,60,61,66,67). The molecule has 22 heteroatoms. The van der Waals surface area contributed by atoms with E-state index in [-0.39, 0.29) is 85.1 Å². The fourth-order valence-corrected chi connectivity index (χ4v) is 10.4. The summed E-state index contributed by atoms with van der Waals surface area (Å²) in [6.45, 7) is 14.6. The zero-order valence-electron chi connectivity index (χ0n) is 47.0. The molecule has 0 aliphatic carbocycles. The van der Waals surface area contributed by atoms with Crippen molar-refractivity contribution in [2.24, 2.45) is 11.8 Å². The number of piperidine rings is 1. The summed E-state index contributed by atoms with van der Waals surface area (Å²) in [6, 6.07) is 12.2. The highest BCUT2D eigenvalue weighted by Crippen LogP contribution is 2.32. The molecule has 0 bridgehead atoms. The van der Waals surface area contributed by atoms with Gasteiger partial charge in [-0.05, 0) is 86.4 Å². The van der Waals surface area contributed by atoms with Crippen molar-refractivity contribution < 1.29 is 43.0 Å². The van der Waals surface area contributed by atoms with Gasteiger partial charge < -0.3 is 51.1 Å². The van der Waals surface area contributed by atoms with Gasteiger partial charge in [0.1, 0.15) is 41.0 Å². The van der Waals surface area contributed by atoms with E-state index in [1.807, 2.05) is 63.9 Å². The Labute approximate surface area is 467 Å². The van der Waals surface area contributed by atoms with Gasteiger partial charge in [-0.25, -0.2) is 14.8 Å². The molecule has 2 aromatic carbocycles. The Kier molecular flexibility index (Phi) is 23.5. The molecular formula is C57H80N12O9S. The number of thiazole rings is 1. The number of anilines is 2. The van der Waals surface area contributed by atoms with Crippen molar-refractivity contribution in [3.05, 3.63) is 87.6 Å². The van der Waals surface area contributed by atoms with Crippen LogP contribution in [-0.4, -0.2) is 128 Å². The maximum Gasteiger partial charge on any atom is 0.328 e. The molecule has 1 saturated heterocycles. The van der Waals surface area contributed by atoms with Crippen molar-refractivity contribution in [3.63, 3.8) is 0 Å². The molecular weight excluding hydrogens is 1030 g/mol. The Morgan fingerprint density at radius 2 is 1.62 bits per heavy atom. The Bertz CT molecular complexity index is 2790. The van der Waals surface area contributed by atoms with E-state index in [1.165, 1.54) is 24.8 Å². The number of H-pyrrole nitrogens is 1. The van der Waals surface area contributed by atoms with Crippen LogP contribution < -0.4 is 31.7 Å². The maximum absolute atomic E-state index is 14.8. The lowest BCUT2D eigenvalue weighted by Crippen LogP contribution is -2.58. The van der Waals surface area contributed by atoms with Crippen molar-refractivity contribution >= 4 is 69.6 Å². The van der Waals surface area contributed by atoms with Crippen LogP contribution in [0.25, 0.3) is 11.2 Å². The Balaban J connectivity index is 0.986. The Morgan fingerprint density at radius 1 is 0.899 bits per heavy atom. The minimum Gasteiger partial charge on any atom is -0.471 e. The van der Waals surface area contributed by atoms with Gasteiger partial charge in [-0.3, -0.25) is 28.9 Å². The summed E-state index contributed by atoms with van der Waals surface area (Å²) < 4.78 is 17.4. The molecule has 7 N–H and O–H groups in total. The number of imidazole rings is 1. The molecule has 79 heavy (non-hydrogen) atoms. The lowest BCUT2D eigenvalue weighted by Gasteiger charge is -2.40. The molecule has 0 radical (unpaired) electrons. The van der Waals surface area contributed by atoms with Crippen LogP contribution in [-0.2, 0) is 53.0 Å². The zero-order valence-corrected chi connectivity index (χ0v) is 47.8. The van der Waals surface area contributed by atoms with E-state index in [1.54, 1.807) is 29.6 Å². The highest BCUT2D eigenvalue weighted by atomic mass is 32.1. The van der Waals surface area contributed by atoms with E-state index in [4.69, 9.17) is 24.9 Å². The van der Waals surface area contributed by atoms with Gasteiger partial charge in [0.05, 0.1) is 19.5 Å². The number of rotatable bonds is 30. The molecule has 0 spiro atoms. The van der Waals surface area contributed by atoms with Crippen LogP contribution in [0.4, 0.5) is 11.6 Å². The number of nitrogens with zero attached hydrogens (tertiary/aromatic N) is 6. The van der Waals surface area contributed by atoms with Crippen LogP contribution in [0.3, 0.4) is 0 Å². The molecule has 0 saturated carbocycles. The monoisotopic (exact) mass is 1110 g/mol. The van der Waals surface area contributed by atoms with Crippen LogP contribution in [0.2, 0.25) is 0 Å². The maximum atomic E-state index is 14.8. The molecule has 3 aromatic heterocycles. The molecule has 1 fully saturated rings. The number of nitrogens with one attached hydrogen (secondary N) is 5. The molecule has 1 aliphatic heterocycles. The van der Waals surface area contributed by atoms with E-state index >= 15 is 0 Å². The summed E-state index contributed by atoms with van der Waals surface area (Å²) in [5.74, 6) is -1.58. The van der Waals surface area contributed by atoms with Crippen molar-refractivity contribution in [3.8, 4) is 5.88 Å². The quantitative estimate of drug-likeness (QED) is 0.0252. The van der Waals surface area contributed by atoms with Crippen molar-refractivity contribution in [2.45, 2.75) is 156 Å². The fourth-order valence-electron chi connectivity index (χ4n) is 9.50. The molecule has 4 heterocycles. The van der Waals surface area contributed by atoms with Crippen molar-refractivity contribution in [1.29, 1.82) is 0 Å². The molecule has 5 amide bonds. The van der Waals surface area contributed by atoms with Crippen LogP contribution in [0.1, 0.15) is 144 Å². The van der Waals surface area contributed by atoms with E-state index in [0.29, 0.717) is 72.3 Å². The minimum absolute atomic E-state index is 0.0198. The van der Waals surface area contributed by atoms with E-state index in [9.17, 15) is 28.8 Å². The number of benzene rings is 2. The number of carbonyl (C=O) groups is 6. The minimum atomic E-state index is -1.05. The van der Waals surface area contributed by atoms with Crippen LogP contribution >= 0.6 is 11.3 Å². The Morgan fingerprint density at radius 3 is 2.30 bits per heavy atom. The molecule has 428 valence electrons. The zero-order chi connectivity index (χ0) is 57.0. The number of esters is 1. The number of aromatic nitrogens is 5. The first-order chi connectivity index (χ1) is 38.0.